The molecule has 0 aliphatic rings. The molecule has 1 rings (SSSR count). The predicted molar refractivity (Wildman–Crippen MR) is 60.6 cm³/mol. The number of Topliss-reactive ketones (excluding diaryl/α,β-unsaturated/α-hetero) is 1. The van der Waals surface area contributed by atoms with Gasteiger partial charge in [0.25, 0.3) is 0 Å². The van der Waals surface area contributed by atoms with E-state index in [4.69, 9.17) is 0 Å². The summed E-state index contributed by atoms with van der Waals surface area (Å²) in [5, 5.41) is 9.98. The number of hydrogen-bond donors (Lipinski definition) is 1. The van der Waals surface area contributed by atoms with Crippen LogP contribution in [0.1, 0.15) is 32.3 Å². The molecule has 0 bridgehead atoms. The second-order valence-corrected chi connectivity index (χ2v) is 3.97. The van der Waals surface area contributed by atoms with Crippen LogP contribution >= 0.6 is 0 Å². The number of rotatable bonds is 5. The zero-order valence-electron chi connectivity index (χ0n) is 9.66. The Morgan fingerprint density at radius 3 is 2.50 bits per heavy atom. The molecule has 0 unspecified atom stereocenters. The maximum atomic E-state index is 12.9. The number of carbonyl (C=O) groups excluding carboxylic acids is 1. The monoisotopic (exact) mass is 224 g/mol. The van der Waals surface area contributed by atoms with E-state index in [1.54, 1.807) is 26.0 Å². The third kappa shape index (κ3) is 2.89. The van der Waals surface area contributed by atoms with Gasteiger partial charge in [-0.05, 0) is 30.5 Å². The molecule has 0 spiro atoms. The number of ketones is 1. The van der Waals surface area contributed by atoms with Gasteiger partial charge in [-0.2, -0.15) is 0 Å². The number of carbonyl (C=O) groups is 1. The molecule has 2 nitrogen and oxygen atoms in total. The SMILES string of the molecule is CCC(O)(CC)C(=O)Cc1cccc(F)c1. The first-order chi connectivity index (χ1) is 7.51. The molecule has 0 amide bonds. The van der Waals surface area contributed by atoms with Crippen molar-refractivity contribution in [3.05, 3.63) is 35.6 Å². The van der Waals surface area contributed by atoms with Gasteiger partial charge >= 0.3 is 0 Å². The van der Waals surface area contributed by atoms with E-state index in [9.17, 15) is 14.3 Å². The fourth-order valence-electron chi connectivity index (χ4n) is 1.64. The van der Waals surface area contributed by atoms with Crippen LogP contribution in [0.2, 0.25) is 0 Å². The second kappa shape index (κ2) is 5.21. The van der Waals surface area contributed by atoms with Crippen molar-refractivity contribution in [2.45, 2.75) is 38.7 Å². The minimum atomic E-state index is -1.27. The van der Waals surface area contributed by atoms with Crippen LogP contribution in [0.5, 0.6) is 0 Å². The fraction of sp³-hybridized carbons (Fsp3) is 0.462. The average Bonchev–Trinajstić information content (AvgIpc) is 2.28. The van der Waals surface area contributed by atoms with Gasteiger partial charge in [-0.15, -0.1) is 0 Å². The van der Waals surface area contributed by atoms with Crippen molar-refractivity contribution in [3.8, 4) is 0 Å². The molecule has 0 saturated heterocycles. The zero-order chi connectivity index (χ0) is 12.2. The minimum Gasteiger partial charge on any atom is -0.382 e. The number of hydrogen-bond acceptors (Lipinski definition) is 2. The van der Waals surface area contributed by atoms with Gasteiger partial charge in [0.1, 0.15) is 11.4 Å². The first-order valence-electron chi connectivity index (χ1n) is 5.52. The highest BCUT2D eigenvalue weighted by Crippen LogP contribution is 2.18. The number of halogens is 1. The van der Waals surface area contributed by atoms with Gasteiger partial charge in [-0.1, -0.05) is 26.0 Å². The van der Waals surface area contributed by atoms with Crippen molar-refractivity contribution >= 4 is 5.78 Å². The molecule has 16 heavy (non-hydrogen) atoms. The molecular weight excluding hydrogens is 207 g/mol. The average molecular weight is 224 g/mol. The highest BCUT2D eigenvalue weighted by molar-refractivity contribution is 5.88. The van der Waals surface area contributed by atoms with Crippen molar-refractivity contribution in [1.29, 1.82) is 0 Å². The topological polar surface area (TPSA) is 37.3 Å². The van der Waals surface area contributed by atoms with E-state index in [2.05, 4.69) is 0 Å². The predicted octanol–water partition coefficient (Wildman–Crippen LogP) is 2.49. The molecular formula is C13H17FO2. The van der Waals surface area contributed by atoms with Crippen molar-refractivity contribution in [3.63, 3.8) is 0 Å². The normalized spacial score (nSPS) is 11.5. The van der Waals surface area contributed by atoms with Crippen LogP contribution in [-0.4, -0.2) is 16.5 Å². The van der Waals surface area contributed by atoms with Crippen LogP contribution in [-0.2, 0) is 11.2 Å². The van der Waals surface area contributed by atoms with E-state index in [0.29, 0.717) is 18.4 Å². The van der Waals surface area contributed by atoms with Crippen LogP contribution in [0.3, 0.4) is 0 Å². The largest absolute Gasteiger partial charge is 0.382 e. The quantitative estimate of drug-likeness (QED) is 0.834. The smallest absolute Gasteiger partial charge is 0.168 e. The molecule has 0 heterocycles. The fourth-order valence-corrected chi connectivity index (χ4v) is 1.64. The summed E-state index contributed by atoms with van der Waals surface area (Å²) in [5.74, 6) is -0.607. The second-order valence-electron chi connectivity index (χ2n) is 3.97. The van der Waals surface area contributed by atoms with E-state index in [1.165, 1.54) is 12.1 Å². The lowest BCUT2D eigenvalue weighted by molar-refractivity contribution is -0.137. The Balaban J connectivity index is 2.78. The van der Waals surface area contributed by atoms with Crippen molar-refractivity contribution in [2.75, 3.05) is 0 Å². The lowest BCUT2D eigenvalue weighted by Gasteiger charge is -2.23. The third-order valence-corrected chi connectivity index (χ3v) is 2.94. The lowest BCUT2D eigenvalue weighted by Crippen LogP contribution is -2.38. The summed E-state index contributed by atoms with van der Waals surface area (Å²) in [6, 6.07) is 5.91. The number of benzene rings is 1. The zero-order valence-corrected chi connectivity index (χ0v) is 9.66. The van der Waals surface area contributed by atoms with Gasteiger partial charge in [0, 0.05) is 6.42 Å². The summed E-state index contributed by atoms with van der Waals surface area (Å²) < 4.78 is 12.9. The lowest BCUT2D eigenvalue weighted by atomic mass is 9.88. The molecule has 1 N–H and O–H groups in total. The molecule has 0 atom stereocenters. The Kier molecular flexibility index (Phi) is 4.19. The molecule has 0 aliphatic heterocycles. The van der Waals surface area contributed by atoms with Crippen LogP contribution in [0.15, 0.2) is 24.3 Å². The van der Waals surface area contributed by atoms with Crippen LogP contribution in [0.25, 0.3) is 0 Å². The van der Waals surface area contributed by atoms with E-state index < -0.39 is 5.60 Å². The molecule has 1 aromatic carbocycles. The Bertz CT molecular complexity index is 370. The third-order valence-electron chi connectivity index (χ3n) is 2.94. The molecule has 0 saturated carbocycles. The summed E-state index contributed by atoms with van der Waals surface area (Å²) in [4.78, 5) is 11.8. The van der Waals surface area contributed by atoms with Gasteiger partial charge in [0.15, 0.2) is 5.78 Å². The Morgan fingerprint density at radius 2 is 2.00 bits per heavy atom. The van der Waals surface area contributed by atoms with Gasteiger partial charge in [-0.25, -0.2) is 4.39 Å². The first kappa shape index (κ1) is 12.8. The first-order valence-corrected chi connectivity index (χ1v) is 5.52. The van der Waals surface area contributed by atoms with E-state index >= 15 is 0 Å². The Hall–Kier alpha value is -1.22. The summed E-state index contributed by atoms with van der Waals surface area (Å²) in [7, 11) is 0. The number of aliphatic hydroxyl groups is 1. The summed E-state index contributed by atoms with van der Waals surface area (Å²) in [5.41, 5.74) is -0.669. The van der Waals surface area contributed by atoms with Gasteiger partial charge in [0.05, 0.1) is 0 Å². The van der Waals surface area contributed by atoms with E-state index in [0.717, 1.165) is 0 Å². The van der Waals surface area contributed by atoms with Gasteiger partial charge in [-0.3, -0.25) is 4.79 Å². The van der Waals surface area contributed by atoms with Gasteiger partial charge in [0.2, 0.25) is 0 Å². The van der Waals surface area contributed by atoms with E-state index in [1.807, 2.05) is 0 Å². The maximum Gasteiger partial charge on any atom is 0.168 e. The summed E-state index contributed by atoms with van der Waals surface area (Å²) >= 11 is 0. The molecule has 0 fully saturated rings. The summed E-state index contributed by atoms with van der Waals surface area (Å²) in [6.07, 6.45) is 0.852. The van der Waals surface area contributed by atoms with E-state index in [-0.39, 0.29) is 18.0 Å². The standard InChI is InChI=1S/C13H17FO2/c1-3-13(16,4-2)12(15)9-10-6-5-7-11(14)8-10/h5-8,16H,3-4,9H2,1-2H3. The van der Waals surface area contributed by atoms with Crippen molar-refractivity contribution < 1.29 is 14.3 Å². The van der Waals surface area contributed by atoms with Crippen molar-refractivity contribution in [2.24, 2.45) is 0 Å². The Morgan fingerprint density at radius 1 is 1.38 bits per heavy atom. The van der Waals surface area contributed by atoms with Crippen LogP contribution in [0, 0.1) is 5.82 Å². The van der Waals surface area contributed by atoms with Gasteiger partial charge < -0.3 is 5.11 Å². The minimum absolute atomic E-state index is 0.0793. The maximum absolute atomic E-state index is 12.9. The summed E-state index contributed by atoms with van der Waals surface area (Å²) in [6.45, 7) is 3.54. The molecule has 0 aliphatic carbocycles. The highest BCUT2D eigenvalue weighted by Gasteiger charge is 2.31. The molecule has 1 aromatic rings. The van der Waals surface area contributed by atoms with Crippen LogP contribution in [0.4, 0.5) is 4.39 Å². The van der Waals surface area contributed by atoms with Crippen LogP contribution < -0.4 is 0 Å². The molecule has 3 heteroatoms. The highest BCUT2D eigenvalue weighted by atomic mass is 19.1. The molecule has 88 valence electrons. The van der Waals surface area contributed by atoms with Crippen molar-refractivity contribution in [1.82, 2.24) is 0 Å². The molecule has 0 aromatic heterocycles. The Labute approximate surface area is 95.1 Å². The molecule has 0 radical (unpaired) electrons.